The third-order valence-electron chi connectivity index (χ3n) is 3.48. The van der Waals surface area contributed by atoms with E-state index in [2.05, 4.69) is 20.5 Å². The Morgan fingerprint density at radius 1 is 1.12 bits per heavy atom. The number of amides is 1. The van der Waals surface area contributed by atoms with Gasteiger partial charge in [-0.1, -0.05) is 35.6 Å². The molecule has 7 heteroatoms. The summed E-state index contributed by atoms with van der Waals surface area (Å²) < 4.78 is 0. The van der Waals surface area contributed by atoms with E-state index in [0.29, 0.717) is 10.7 Å². The number of aromatic nitrogens is 3. The number of pyridine rings is 1. The Hall–Kier alpha value is -2.64. The standard InChI is InChI=1S/C17H12N4OS2/c1-10-20-21-17(24-10)19-16(22)12-9-14(15-7-4-8-23-15)18-13-6-3-2-5-11(12)13/h2-9H,1H3,(H,19,21,22). The molecule has 1 amide bonds. The molecule has 0 aliphatic heterocycles. The van der Waals surface area contributed by atoms with E-state index < -0.39 is 0 Å². The van der Waals surface area contributed by atoms with Gasteiger partial charge in [0.1, 0.15) is 5.01 Å². The predicted molar refractivity (Wildman–Crippen MR) is 97.7 cm³/mol. The molecule has 1 N–H and O–H groups in total. The molecular weight excluding hydrogens is 340 g/mol. The zero-order chi connectivity index (χ0) is 16.5. The molecule has 24 heavy (non-hydrogen) atoms. The molecule has 3 heterocycles. The number of hydrogen-bond donors (Lipinski definition) is 1. The van der Waals surface area contributed by atoms with E-state index in [1.807, 2.05) is 54.8 Å². The van der Waals surface area contributed by atoms with Gasteiger partial charge in [-0.05, 0) is 30.5 Å². The van der Waals surface area contributed by atoms with Crippen LogP contribution in [0.25, 0.3) is 21.5 Å². The number of benzene rings is 1. The Morgan fingerprint density at radius 3 is 2.75 bits per heavy atom. The van der Waals surface area contributed by atoms with Gasteiger partial charge in [-0.25, -0.2) is 4.98 Å². The third-order valence-corrected chi connectivity index (χ3v) is 5.13. The SMILES string of the molecule is Cc1nnc(NC(=O)c2cc(-c3cccs3)nc3ccccc23)s1. The molecular formula is C17H12N4OS2. The van der Waals surface area contributed by atoms with Crippen LogP contribution in [0, 0.1) is 6.92 Å². The molecule has 0 aliphatic carbocycles. The first-order valence-electron chi connectivity index (χ1n) is 7.26. The summed E-state index contributed by atoms with van der Waals surface area (Å²) in [5.74, 6) is -0.206. The van der Waals surface area contributed by atoms with Gasteiger partial charge in [-0.15, -0.1) is 21.5 Å². The van der Waals surface area contributed by atoms with Gasteiger partial charge in [0, 0.05) is 5.39 Å². The second-order valence-electron chi connectivity index (χ2n) is 5.13. The van der Waals surface area contributed by atoms with Crippen molar-refractivity contribution in [2.45, 2.75) is 6.92 Å². The van der Waals surface area contributed by atoms with E-state index in [9.17, 15) is 4.79 Å². The molecule has 0 saturated carbocycles. The number of carbonyl (C=O) groups excluding carboxylic acids is 1. The fourth-order valence-electron chi connectivity index (χ4n) is 2.43. The van der Waals surface area contributed by atoms with Crippen molar-refractivity contribution in [3.05, 3.63) is 58.4 Å². The second kappa shape index (κ2) is 6.10. The Labute approximate surface area is 146 Å². The Bertz CT molecular complexity index is 1020. The number of para-hydroxylation sites is 1. The average Bonchev–Trinajstić information content (AvgIpc) is 3.25. The van der Waals surface area contributed by atoms with Crippen LogP contribution >= 0.6 is 22.7 Å². The molecule has 0 atom stereocenters. The lowest BCUT2D eigenvalue weighted by atomic mass is 10.1. The van der Waals surface area contributed by atoms with Crippen LogP contribution in [0.3, 0.4) is 0 Å². The van der Waals surface area contributed by atoms with E-state index in [0.717, 1.165) is 26.5 Å². The summed E-state index contributed by atoms with van der Waals surface area (Å²) in [4.78, 5) is 18.5. The van der Waals surface area contributed by atoms with Crippen LogP contribution in [0.1, 0.15) is 15.4 Å². The zero-order valence-electron chi connectivity index (χ0n) is 12.7. The molecule has 4 aromatic rings. The maximum Gasteiger partial charge on any atom is 0.258 e. The fraction of sp³-hybridized carbons (Fsp3) is 0.0588. The summed E-state index contributed by atoms with van der Waals surface area (Å²) in [6, 6.07) is 13.4. The summed E-state index contributed by atoms with van der Waals surface area (Å²) in [6.07, 6.45) is 0. The first-order valence-corrected chi connectivity index (χ1v) is 8.95. The zero-order valence-corrected chi connectivity index (χ0v) is 14.3. The lowest BCUT2D eigenvalue weighted by Gasteiger charge is -2.08. The lowest BCUT2D eigenvalue weighted by Crippen LogP contribution is -2.13. The Kier molecular flexibility index (Phi) is 3.79. The smallest absolute Gasteiger partial charge is 0.258 e. The predicted octanol–water partition coefficient (Wildman–Crippen LogP) is 4.38. The number of thiophene rings is 1. The second-order valence-corrected chi connectivity index (χ2v) is 7.26. The monoisotopic (exact) mass is 352 g/mol. The van der Waals surface area contributed by atoms with Gasteiger partial charge in [-0.3, -0.25) is 10.1 Å². The van der Waals surface area contributed by atoms with Crippen LogP contribution in [0.4, 0.5) is 5.13 Å². The minimum Gasteiger partial charge on any atom is -0.296 e. The number of fused-ring (bicyclic) bond motifs is 1. The quantitative estimate of drug-likeness (QED) is 0.594. The van der Waals surface area contributed by atoms with Crippen LogP contribution in [0.5, 0.6) is 0 Å². The summed E-state index contributed by atoms with van der Waals surface area (Å²) in [5.41, 5.74) is 2.17. The van der Waals surface area contributed by atoms with Crippen LogP contribution < -0.4 is 5.32 Å². The fourth-order valence-corrected chi connectivity index (χ4v) is 3.70. The van der Waals surface area contributed by atoms with E-state index in [-0.39, 0.29) is 5.91 Å². The highest BCUT2D eigenvalue weighted by atomic mass is 32.1. The van der Waals surface area contributed by atoms with Gasteiger partial charge in [0.25, 0.3) is 5.91 Å². The number of nitrogens with one attached hydrogen (secondary N) is 1. The van der Waals surface area contributed by atoms with Crippen molar-refractivity contribution in [1.29, 1.82) is 0 Å². The van der Waals surface area contributed by atoms with Crippen molar-refractivity contribution in [2.75, 3.05) is 5.32 Å². The highest BCUT2D eigenvalue weighted by Crippen LogP contribution is 2.28. The average molecular weight is 352 g/mol. The van der Waals surface area contributed by atoms with Crippen molar-refractivity contribution in [2.24, 2.45) is 0 Å². The lowest BCUT2D eigenvalue weighted by molar-refractivity contribution is 0.102. The number of anilines is 1. The highest BCUT2D eigenvalue weighted by Gasteiger charge is 2.15. The molecule has 4 rings (SSSR count). The minimum absolute atomic E-state index is 0.206. The van der Waals surface area contributed by atoms with Crippen molar-refractivity contribution in [1.82, 2.24) is 15.2 Å². The minimum atomic E-state index is -0.206. The van der Waals surface area contributed by atoms with Crippen LogP contribution in [0.15, 0.2) is 47.8 Å². The van der Waals surface area contributed by atoms with Crippen LogP contribution in [-0.4, -0.2) is 21.1 Å². The largest absolute Gasteiger partial charge is 0.296 e. The molecule has 1 aromatic carbocycles. The van der Waals surface area contributed by atoms with E-state index in [1.165, 1.54) is 11.3 Å². The van der Waals surface area contributed by atoms with E-state index in [4.69, 9.17) is 0 Å². The molecule has 0 unspecified atom stereocenters. The topological polar surface area (TPSA) is 67.8 Å². The van der Waals surface area contributed by atoms with Crippen molar-refractivity contribution >= 4 is 44.6 Å². The normalized spacial score (nSPS) is 10.9. The first-order chi connectivity index (χ1) is 11.7. The molecule has 0 spiro atoms. The molecule has 0 aliphatic rings. The summed E-state index contributed by atoms with van der Waals surface area (Å²) in [7, 11) is 0. The van der Waals surface area contributed by atoms with Crippen molar-refractivity contribution in [3.8, 4) is 10.6 Å². The molecule has 0 fully saturated rings. The number of carbonyl (C=O) groups is 1. The highest BCUT2D eigenvalue weighted by molar-refractivity contribution is 7.15. The molecule has 5 nitrogen and oxygen atoms in total. The molecule has 3 aromatic heterocycles. The summed E-state index contributed by atoms with van der Waals surface area (Å²) in [6.45, 7) is 1.85. The van der Waals surface area contributed by atoms with Crippen molar-refractivity contribution in [3.63, 3.8) is 0 Å². The van der Waals surface area contributed by atoms with Crippen LogP contribution in [0.2, 0.25) is 0 Å². The van der Waals surface area contributed by atoms with Gasteiger partial charge >= 0.3 is 0 Å². The van der Waals surface area contributed by atoms with Gasteiger partial charge < -0.3 is 0 Å². The Morgan fingerprint density at radius 2 is 2.00 bits per heavy atom. The number of aryl methyl sites for hydroxylation is 1. The van der Waals surface area contributed by atoms with E-state index in [1.54, 1.807) is 11.3 Å². The first kappa shape index (κ1) is 14.9. The number of hydrogen-bond acceptors (Lipinski definition) is 6. The third kappa shape index (κ3) is 2.79. The summed E-state index contributed by atoms with van der Waals surface area (Å²) in [5, 5.41) is 14.8. The van der Waals surface area contributed by atoms with E-state index >= 15 is 0 Å². The Balaban J connectivity index is 1.82. The maximum atomic E-state index is 12.8. The maximum absolute atomic E-state index is 12.8. The van der Waals surface area contributed by atoms with Gasteiger partial charge in [0.15, 0.2) is 0 Å². The van der Waals surface area contributed by atoms with Gasteiger partial charge in [0.2, 0.25) is 5.13 Å². The van der Waals surface area contributed by atoms with Gasteiger partial charge in [0.05, 0.1) is 21.7 Å². The van der Waals surface area contributed by atoms with Gasteiger partial charge in [-0.2, -0.15) is 0 Å². The molecule has 118 valence electrons. The van der Waals surface area contributed by atoms with Crippen molar-refractivity contribution < 1.29 is 4.79 Å². The van der Waals surface area contributed by atoms with Crippen LogP contribution in [-0.2, 0) is 0 Å². The number of nitrogens with zero attached hydrogens (tertiary/aromatic N) is 3. The molecule has 0 bridgehead atoms. The molecule has 0 saturated heterocycles. The number of rotatable bonds is 3. The summed E-state index contributed by atoms with van der Waals surface area (Å²) >= 11 is 2.95. The molecule has 0 radical (unpaired) electrons.